The average Bonchev–Trinajstić information content (AvgIpc) is 2.06. The molecule has 0 aromatic heterocycles. The normalized spacial score (nSPS) is 22.3. The van der Waals surface area contributed by atoms with E-state index >= 15 is 0 Å². The van der Waals surface area contributed by atoms with Crippen LogP contribution in [0, 0.1) is 0 Å². The molecular formula is C8H20N2O2S. The first kappa shape index (κ1) is 13.0. The van der Waals surface area contributed by atoms with Crippen LogP contribution in [0.5, 0.6) is 0 Å². The summed E-state index contributed by atoms with van der Waals surface area (Å²) in [5.74, 6) is 0. The first-order valence-corrected chi connectivity index (χ1v) is 6.06. The molecule has 1 atom stereocenters. The highest BCUT2D eigenvalue weighted by molar-refractivity contribution is 7.81. The molecule has 1 aliphatic rings. The molecule has 0 aromatic carbocycles. The third-order valence-corrected chi connectivity index (χ3v) is 3.33. The van der Waals surface area contributed by atoms with Gasteiger partial charge in [0, 0.05) is 32.4 Å². The molecule has 0 radical (unpaired) electrons. The first-order valence-electron chi connectivity index (χ1n) is 4.55. The van der Waals surface area contributed by atoms with Crippen molar-refractivity contribution in [2.75, 3.05) is 39.0 Å². The van der Waals surface area contributed by atoms with Crippen LogP contribution in [0.1, 0.15) is 13.3 Å². The van der Waals surface area contributed by atoms with E-state index in [1.54, 1.807) is 6.26 Å². The summed E-state index contributed by atoms with van der Waals surface area (Å²) >= 11 is 0. The molecule has 4 nitrogen and oxygen atoms in total. The monoisotopic (exact) mass is 208 g/mol. The summed E-state index contributed by atoms with van der Waals surface area (Å²) in [7, 11) is -0.764. The van der Waals surface area contributed by atoms with E-state index in [2.05, 4.69) is 11.8 Å². The quantitative estimate of drug-likeness (QED) is 0.627. The summed E-state index contributed by atoms with van der Waals surface area (Å²) in [6, 6.07) is 0. The highest BCUT2D eigenvalue weighted by Gasteiger charge is 2.17. The number of nitrogens with zero attached hydrogens (tertiary/aromatic N) is 2. The van der Waals surface area contributed by atoms with Crippen LogP contribution in [0.3, 0.4) is 0 Å². The minimum absolute atomic E-state index is 0. The SMILES string of the molecule is CCCN1CCN(S(C)=O)CC1.O. The Hall–Kier alpha value is 0.0300. The van der Waals surface area contributed by atoms with Gasteiger partial charge in [0.15, 0.2) is 0 Å². The Labute approximate surface area is 82.8 Å². The van der Waals surface area contributed by atoms with E-state index in [0.29, 0.717) is 0 Å². The molecule has 1 saturated heterocycles. The lowest BCUT2D eigenvalue weighted by Crippen LogP contribution is -2.46. The predicted octanol–water partition coefficient (Wildman–Crippen LogP) is -0.517. The molecule has 2 N–H and O–H groups in total. The van der Waals surface area contributed by atoms with Crippen molar-refractivity contribution in [1.29, 1.82) is 0 Å². The van der Waals surface area contributed by atoms with E-state index in [-0.39, 0.29) is 5.48 Å². The maximum absolute atomic E-state index is 11.1. The standard InChI is InChI=1S/C8H18N2OS.H2O/c1-3-4-9-5-7-10(8-6-9)12(2)11;/h3-8H2,1-2H3;1H2. The lowest BCUT2D eigenvalue weighted by Gasteiger charge is -2.32. The summed E-state index contributed by atoms with van der Waals surface area (Å²) < 4.78 is 13.1. The fourth-order valence-electron chi connectivity index (χ4n) is 1.53. The zero-order valence-electron chi connectivity index (χ0n) is 8.45. The lowest BCUT2D eigenvalue weighted by atomic mass is 10.3. The lowest BCUT2D eigenvalue weighted by molar-refractivity contribution is 0.193. The van der Waals surface area contributed by atoms with Crippen LogP contribution in [0.2, 0.25) is 0 Å². The van der Waals surface area contributed by atoms with Gasteiger partial charge in [-0.3, -0.25) is 0 Å². The van der Waals surface area contributed by atoms with Gasteiger partial charge in [0.1, 0.15) is 0 Å². The van der Waals surface area contributed by atoms with Gasteiger partial charge >= 0.3 is 0 Å². The molecule has 80 valence electrons. The smallest absolute Gasteiger partial charge is 0.0911 e. The molecule has 0 bridgehead atoms. The average molecular weight is 208 g/mol. The first-order chi connectivity index (χ1) is 5.74. The second-order valence-electron chi connectivity index (χ2n) is 3.19. The second kappa shape index (κ2) is 6.48. The molecular weight excluding hydrogens is 188 g/mol. The largest absolute Gasteiger partial charge is 0.412 e. The third-order valence-electron chi connectivity index (χ3n) is 2.23. The number of piperazine rings is 1. The Bertz CT molecular complexity index is 158. The summed E-state index contributed by atoms with van der Waals surface area (Å²) in [5.41, 5.74) is 0. The molecule has 5 heteroatoms. The molecule has 1 heterocycles. The topological polar surface area (TPSA) is 55.0 Å². The van der Waals surface area contributed by atoms with Crippen molar-refractivity contribution < 1.29 is 9.69 Å². The van der Waals surface area contributed by atoms with Crippen molar-refractivity contribution in [3.05, 3.63) is 0 Å². The molecule has 1 rings (SSSR count). The Morgan fingerprint density at radius 2 is 1.77 bits per heavy atom. The molecule has 0 spiro atoms. The van der Waals surface area contributed by atoms with E-state index < -0.39 is 11.0 Å². The fraction of sp³-hybridized carbons (Fsp3) is 1.00. The number of hydrogen-bond acceptors (Lipinski definition) is 2. The van der Waals surface area contributed by atoms with Gasteiger partial charge in [-0.1, -0.05) is 6.92 Å². The van der Waals surface area contributed by atoms with Gasteiger partial charge < -0.3 is 10.4 Å². The van der Waals surface area contributed by atoms with Crippen LogP contribution in [-0.4, -0.2) is 57.9 Å². The van der Waals surface area contributed by atoms with Crippen LogP contribution >= 0.6 is 0 Å². The highest BCUT2D eigenvalue weighted by Crippen LogP contribution is 2.03. The maximum Gasteiger partial charge on any atom is 0.0911 e. The summed E-state index contributed by atoms with van der Waals surface area (Å²) in [5, 5.41) is 0. The van der Waals surface area contributed by atoms with Crippen LogP contribution in [0.25, 0.3) is 0 Å². The van der Waals surface area contributed by atoms with Gasteiger partial charge in [-0.2, -0.15) is 0 Å². The van der Waals surface area contributed by atoms with Crippen molar-refractivity contribution in [3.8, 4) is 0 Å². The number of rotatable bonds is 3. The van der Waals surface area contributed by atoms with Crippen LogP contribution in [0.4, 0.5) is 0 Å². The van der Waals surface area contributed by atoms with Crippen molar-refractivity contribution in [3.63, 3.8) is 0 Å². The Balaban J connectivity index is 0.00000144. The number of hydrogen-bond donors (Lipinski definition) is 0. The van der Waals surface area contributed by atoms with Crippen molar-refractivity contribution >= 4 is 11.0 Å². The second-order valence-corrected chi connectivity index (χ2v) is 4.56. The van der Waals surface area contributed by atoms with Crippen molar-refractivity contribution in [2.24, 2.45) is 0 Å². The van der Waals surface area contributed by atoms with E-state index in [0.717, 1.165) is 26.2 Å². The van der Waals surface area contributed by atoms with Crippen molar-refractivity contribution in [1.82, 2.24) is 9.21 Å². The van der Waals surface area contributed by atoms with Gasteiger partial charge in [-0.15, -0.1) is 0 Å². The Morgan fingerprint density at radius 3 is 2.15 bits per heavy atom. The van der Waals surface area contributed by atoms with Crippen molar-refractivity contribution in [2.45, 2.75) is 13.3 Å². The summed E-state index contributed by atoms with van der Waals surface area (Å²) in [4.78, 5) is 2.43. The van der Waals surface area contributed by atoms with Gasteiger partial charge in [0.05, 0.1) is 11.0 Å². The predicted molar refractivity (Wildman–Crippen MR) is 56.0 cm³/mol. The van der Waals surface area contributed by atoms with Gasteiger partial charge in [0.25, 0.3) is 0 Å². The summed E-state index contributed by atoms with van der Waals surface area (Å²) in [6.45, 7) is 7.46. The molecule has 0 aromatic rings. The van der Waals surface area contributed by atoms with Crippen LogP contribution < -0.4 is 0 Å². The highest BCUT2D eigenvalue weighted by atomic mass is 32.2. The maximum atomic E-state index is 11.1. The van der Waals surface area contributed by atoms with Gasteiger partial charge in [0.2, 0.25) is 0 Å². The minimum atomic E-state index is -0.764. The minimum Gasteiger partial charge on any atom is -0.412 e. The zero-order chi connectivity index (χ0) is 8.97. The molecule has 1 aliphatic heterocycles. The molecule has 13 heavy (non-hydrogen) atoms. The van der Waals surface area contributed by atoms with E-state index in [1.165, 1.54) is 13.0 Å². The summed E-state index contributed by atoms with van der Waals surface area (Å²) in [6.07, 6.45) is 2.98. The molecule has 0 aliphatic carbocycles. The molecule has 0 saturated carbocycles. The fourth-order valence-corrected chi connectivity index (χ4v) is 2.20. The molecule has 1 fully saturated rings. The van der Waals surface area contributed by atoms with Gasteiger partial charge in [-0.25, -0.2) is 8.51 Å². The van der Waals surface area contributed by atoms with Crippen LogP contribution in [0.15, 0.2) is 0 Å². The van der Waals surface area contributed by atoms with E-state index in [1.807, 2.05) is 4.31 Å². The third kappa shape index (κ3) is 4.17. The Kier molecular flexibility index (Phi) is 6.49. The van der Waals surface area contributed by atoms with Gasteiger partial charge in [-0.05, 0) is 13.0 Å². The molecule has 0 amide bonds. The van der Waals surface area contributed by atoms with E-state index in [9.17, 15) is 4.21 Å². The Morgan fingerprint density at radius 1 is 1.23 bits per heavy atom. The molecule has 1 unspecified atom stereocenters. The zero-order valence-corrected chi connectivity index (χ0v) is 9.27. The van der Waals surface area contributed by atoms with Crippen LogP contribution in [-0.2, 0) is 11.0 Å². The van der Waals surface area contributed by atoms with E-state index in [4.69, 9.17) is 0 Å².